The van der Waals surface area contributed by atoms with Crippen LogP contribution in [0.25, 0.3) is 10.9 Å². The first-order valence-corrected chi connectivity index (χ1v) is 9.45. The number of benzene rings is 2. The van der Waals surface area contributed by atoms with Gasteiger partial charge < -0.3 is 15.8 Å². The fraction of sp³-hybridized carbons (Fsp3) is 0.0500. The molecule has 0 spiro atoms. The summed E-state index contributed by atoms with van der Waals surface area (Å²) < 4.78 is 40.7. The first-order valence-electron chi connectivity index (χ1n) is 8.64. The lowest BCUT2D eigenvalue weighted by Gasteiger charge is -2.12. The lowest BCUT2D eigenvalue weighted by Crippen LogP contribution is -2.17. The van der Waals surface area contributed by atoms with Crippen LogP contribution in [-0.4, -0.2) is 21.3 Å². The second-order valence-corrected chi connectivity index (χ2v) is 7.10. The van der Waals surface area contributed by atoms with Gasteiger partial charge in [0.05, 0.1) is 5.52 Å². The molecule has 4 aromatic rings. The van der Waals surface area contributed by atoms with Gasteiger partial charge in [0.25, 0.3) is 0 Å². The fourth-order valence-electron chi connectivity index (χ4n) is 2.70. The summed E-state index contributed by atoms with van der Waals surface area (Å²) in [6.07, 6.45) is -1.66. The lowest BCUT2D eigenvalue weighted by molar-refractivity contribution is -0.274. The summed E-state index contributed by atoms with van der Waals surface area (Å²) >= 11 is 1.35. The number of hydrogen-bond acceptors (Lipinski definition) is 7. The number of nitrogens with zero attached hydrogens (tertiary/aromatic N) is 3. The number of anilines is 3. The lowest BCUT2D eigenvalue weighted by atomic mass is 10.2. The monoisotopic (exact) mass is 429 g/mol. The molecule has 0 saturated heterocycles. The van der Waals surface area contributed by atoms with Crippen LogP contribution in [0.4, 0.5) is 30.4 Å². The molecule has 0 fully saturated rings. The normalized spacial score (nSPS) is 11.4. The summed E-state index contributed by atoms with van der Waals surface area (Å²) in [7, 11) is 0. The third kappa shape index (κ3) is 4.54. The van der Waals surface area contributed by atoms with Gasteiger partial charge in [-0.3, -0.25) is 4.98 Å². The number of fused-ring (bicyclic) bond motifs is 1. The topological polar surface area (TPSA) is 86.0 Å². The molecule has 0 aliphatic rings. The van der Waals surface area contributed by atoms with Gasteiger partial charge in [0.15, 0.2) is 5.82 Å². The Balaban J connectivity index is 1.56. The van der Waals surface area contributed by atoms with E-state index in [1.54, 1.807) is 6.20 Å². The SMILES string of the molecule is Nc1c(Nc2ccc(OC(F)(F)F)cc2)ncnc1Sc1cccc2cccnc12. The molecule has 3 N–H and O–H groups in total. The zero-order valence-corrected chi connectivity index (χ0v) is 16.0. The highest BCUT2D eigenvalue weighted by Gasteiger charge is 2.30. The van der Waals surface area contributed by atoms with Crippen LogP contribution < -0.4 is 15.8 Å². The molecule has 0 radical (unpaired) electrons. The average Bonchev–Trinajstić information content (AvgIpc) is 2.71. The Morgan fingerprint density at radius 3 is 2.47 bits per heavy atom. The molecular weight excluding hydrogens is 415 g/mol. The largest absolute Gasteiger partial charge is 0.573 e. The van der Waals surface area contributed by atoms with Gasteiger partial charge in [-0.25, -0.2) is 9.97 Å². The Kier molecular flexibility index (Phi) is 5.32. The molecule has 2 aromatic carbocycles. The van der Waals surface area contributed by atoms with Crippen LogP contribution in [0.5, 0.6) is 5.75 Å². The highest BCUT2D eigenvalue weighted by Crippen LogP contribution is 2.37. The first-order chi connectivity index (χ1) is 14.4. The number of hydrogen-bond donors (Lipinski definition) is 2. The van der Waals surface area contributed by atoms with E-state index in [0.717, 1.165) is 15.8 Å². The highest BCUT2D eigenvalue weighted by molar-refractivity contribution is 7.99. The van der Waals surface area contributed by atoms with Crippen molar-refractivity contribution in [1.82, 2.24) is 15.0 Å². The number of pyridine rings is 1. The van der Waals surface area contributed by atoms with Crippen LogP contribution in [-0.2, 0) is 0 Å². The zero-order valence-electron chi connectivity index (χ0n) is 15.2. The molecule has 0 atom stereocenters. The van der Waals surface area contributed by atoms with Crippen molar-refractivity contribution >= 4 is 39.9 Å². The van der Waals surface area contributed by atoms with Crippen LogP contribution in [0.2, 0.25) is 0 Å². The van der Waals surface area contributed by atoms with Gasteiger partial charge in [-0.05, 0) is 36.4 Å². The van der Waals surface area contributed by atoms with Crippen LogP contribution in [0.15, 0.2) is 77.0 Å². The van der Waals surface area contributed by atoms with Crippen LogP contribution in [0, 0.1) is 0 Å². The second kappa shape index (κ2) is 8.07. The summed E-state index contributed by atoms with van der Waals surface area (Å²) in [6, 6.07) is 14.9. The van der Waals surface area contributed by atoms with Gasteiger partial charge in [0.2, 0.25) is 0 Å². The molecule has 0 bridgehead atoms. The number of nitrogens with two attached hydrogens (primary N) is 1. The molecular formula is C20H14F3N5OS. The molecule has 0 saturated carbocycles. The number of ether oxygens (including phenoxy) is 1. The molecule has 2 aromatic heterocycles. The first kappa shape index (κ1) is 19.8. The van der Waals surface area contributed by atoms with Crippen molar-refractivity contribution in [2.45, 2.75) is 16.3 Å². The van der Waals surface area contributed by atoms with Crippen molar-refractivity contribution < 1.29 is 17.9 Å². The molecule has 0 aliphatic carbocycles. The summed E-state index contributed by atoms with van der Waals surface area (Å²) in [4.78, 5) is 13.7. The smallest absolute Gasteiger partial charge is 0.406 e. The molecule has 2 heterocycles. The predicted molar refractivity (Wildman–Crippen MR) is 109 cm³/mol. The minimum absolute atomic E-state index is 0.311. The molecule has 0 aliphatic heterocycles. The van der Waals surface area contributed by atoms with Crippen molar-refractivity contribution in [3.8, 4) is 5.75 Å². The van der Waals surface area contributed by atoms with E-state index in [-0.39, 0.29) is 5.75 Å². The zero-order chi connectivity index (χ0) is 21.1. The van der Waals surface area contributed by atoms with E-state index in [9.17, 15) is 13.2 Å². The van der Waals surface area contributed by atoms with Crippen molar-refractivity contribution in [2.75, 3.05) is 11.1 Å². The molecule has 30 heavy (non-hydrogen) atoms. The minimum atomic E-state index is -4.74. The summed E-state index contributed by atoms with van der Waals surface area (Å²) in [5.74, 6) is 0.0218. The maximum absolute atomic E-state index is 12.3. The van der Waals surface area contributed by atoms with Gasteiger partial charge in [-0.1, -0.05) is 30.0 Å². The number of alkyl halides is 3. The molecule has 10 heteroatoms. The van der Waals surface area contributed by atoms with Crippen molar-refractivity contribution in [2.24, 2.45) is 0 Å². The van der Waals surface area contributed by atoms with E-state index >= 15 is 0 Å². The second-order valence-electron chi connectivity index (χ2n) is 6.07. The van der Waals surface area contributed by atoms with E-state index in [0.29, 0.717) is 22.2 Å². The van der Waals surface area contributed by atoms with Crippen LogP contribution >= 0.6 is 11.8 Å². The number of aromatic nitrogens is 3. The maximum Gasteiger partial charge on any atom is 0.573 e. The Hall–Kier alpha value is -3.53. The Morgan fingerprint density at radius 2 is 1.70 bits per heavy atom. The van der Waals surface area contributed by atoms with Crippen LogP contribution in [0.1, 0.15) is 0 Å². The highest BCUT2D eigenvalue weighted by atomic mass is 32.2. The van der Waals surface area contributed by atoms with Crippen LogP contribution in [0.3, 0.4) is 0 Å². The molecule has 0 amide bonds. The van der Waals surface area contributed by atoms with Gasteiger partial charge in [0, 0.05) is 22.2 Å². The standard InChI is InChI=1S/C20H14F3N5OS/c21-20(22,23)29-14-8-6-13(7-9-14)28-18-16(24)19(27-11-26-18)30-15-5-1-3-12-4-2-10-25-17(12)15/h1-11H,24H2,(H,26,27,28). The van der Waals surface area contributed by atoms with Crippen molar-refractivity contribution in [1.29, 1.82) is 0 Å². The molecule has 6 nitrogen and oxygen atoms in total. The third-order valence-electron chi connectivity index (χ3n) is 4.00. The minimum Gasteiger partial charge on any atom is -0.406 e. The van der Waals surface area contributed by atoms with E-state index in [1.165, 1.54) is 42.4 Å². The van der Waals surface area contributed by atoms with E-state index in [1.807, 2.05) is 30.3 Å². The van der Waals surface area contributed by atoms with Gasteiger partial charge in [0.1, 0.15) is 22.8 Å². The molecule has 0 unspecified atom stereocenters. The number of rotatable bonds is 5. The van der Waals surface area contributed by atoms with E-state index in [2.05, 4.69) is 25.0 Å². The Morgan fingerprint density at radius 1 is 0.933 bits per heavy atom. The molecule has 152 valence electrons. The Labute approximate surface area is 173 Å². The van der Waals surface area contributed by atoms with Gasteiger partial charge in [-0.2, -0.15) is 0 Å². The summed E-state index contributed by atoms with van der Waals surface area (Å²) in [5.41, 5.74) is 7.87. The summed E-state index contributed by atoms with van der Waals surface area (Å²) in [5, 5.41) is 4.51. The predicted octanol–water partition coefficient (Wildman–Crippen LogP) is 5.40. The van der Waals surface area contributed by atoms with E-state index in [4.69, 9.17) is 5.73 Å². The fourth-order valence-corrected chi connectivity index (χ4v) is 3.63. The average molecular weight is 429 g/mol. The maximum atomic E-state index is 12.3. The van der Waals surface area contributed by atoms with Crippen molar-refractivity contribution in [3.05, 3.63) is 67.1 Å². The number of nitrogen functional groups attached to an aromatic ring is 1. The van der Waals surface area contributed by atoms with E-state index < -0.39 is 6.36 Å². The number of halogens is 3. The molecule has 4 rings (SSSR count). The Bertz CT molecular complexity index is 1180. The number of nitrogens with one attached hydrogen (secondary N) is 1. The number of para-hydroxylation sites is 1. The quantitative estimate of drug-likeness (QED) is 0.411. The van der Waals surface area contributed by atoms with Gasteiger partial charge >= 0.3 is 6.36 Å². The van der Waals surface area contributed by atoms with Crippen molar-refractivity contribution in [3.63, 3.8) is 0 Å². The third-order valence-corrected chi connectivity index (χ3v) is 5.07. The van der Waals surface area contributed by atoms with Gasteiger partial charge in [-0.15, -0.1) is 13.2 Å². The summed E-state index contributed by atoms with van der Waals surface area (Å²) in [6.45, 7) is 0.